The lowest BCUT2D eigenvalue weighted by Crippen LogP contribution is -2.21. The molecule has 21 heavy (non-hydrogen) atoms. The van der Waals surface area contributed by atoms with E-state index in [1.54, 1.807) is 0 Å². The number of nitrogens with zero attached hydrogens (tertiary/aromatic N) is 1. The SMILES string of the molecule is Cc1cc(C(=O)C(C)(C)C)c(C)c(-c2ccc(Cl)cc2)n1. The Hall–Kier alpha value is -1.67. The van der Waals surface area contributed by atoms with Crippen molar-refractivity contribution in [1.29, 1.82) is 0 Å². The van der Waals surface area contributed by atoms with Crippen LogP contribution in [0.5, 0.6) is 0 Å². The molecule has 0 saturated heterocycles. The van der Waals surface area contributed by atoms with Crippen LogP contribution in [-0.4, -0.2) is 10.8 Å². The highest BCUT2D eigenvalue weighted by Gasteiger charge is 2.26. The maximum Gasteiger partial charge on any atom is 0.168 e. The van der Waals surface area contributed by atoms with Crippen LogP contribution in [0.3, 0.4) is 0 Å². The number of hydrogen-bond acceptors (Lipinski definition) is 2. The molecule has 0 spiro atoms. The average Bonchev–Trinajstić information content (AvgIpc) is 2.40. The number of halogens is 1. The van der Waals surface area contributed by atoms with Gasteiger partial charge in [-0.3, -0.25) is 9.78 Å². The smallest absolute Gasteiger partial charge is 0.168 e. The van der Waals surface area contributed by atoms with Gasteiger partial charge in [-0.1, -0.05) is 44.5 Å². The zero-order valence-electron chi connectivity index (χ0n) is 13.1. The highest BCUT2D eigenvalue weighted by Crippen LogP contribution is 2.29. The van der Waals surface area contributed by atoms with Crippen LogP contribution in [0.2, 0.25) is 5.02 Å². The number of carbonyl (C=O) groups excluding carboxylic acids is 1. The first-order valence-electron chi connectivity index (χ1n) is 6.99. The van der Waals surface area contributed by atoms with Crippen molar-refractivity contribution < 1.29 is 4.79 Å². The van der Waals surface area contributed by atoms with Crippen molar-refractivity contribution in [2.45, 2.75) is 34.6 Å². The van der Waals surface area contributed by atoms with E-state index >= 15 is 0 Å². The van der Waals surface area contributed by atoms with Gasteiger partial charge in [-0.25, -0.2) is 0 Å². The van der Waals surface area contributed by atoms with Gasteiger partial charge in [0.15, 0.2) is 5.78 Å². The summed E-state index contributed by atoms with van der Waals surface area (Å²) in [4.78, 5) is 17.2. The van der Waals surface area contributed by atoms with Crippen LogP contribution in [0, 0.1) is 19.3 Å². The second kappa shape index (κ2) is 5.61. The lowest BCUT2D eigenvalue weighted by molar-refractivity contribution is 0.0857. The van der Waals surface area contributed by atoms with Crippen LogP contribution in [-0.2, 0) is 0 Å². The minimum Gasteiger partial charge on any atom is -0.294 e. The van der Waals surface area contributed by atoms with Gasteiger partial charge in [-0.2, -0.15) is 0 Å². The third kappa shape index (κ3) is 3.33. The molecule has 0 aliphatic heterocycles. The normalized spacial score (nSPS) is 11.5. The van der Waals surface area contributed by atoms with Gasteiger partial charge in [-0.15, -0.1) is 0 Å². The fraction of sp³-hybridized carbons (Fsp3) is 0.333. The van der Waals surface area contributed by atoms with Gasteiger partial charge in [0, 0.05) is 27.3 Å². The number of ketones is 1. The molecular weight excluding hydrogens is 282 g/mol. The molecule has 3 heteroatoms. The Bertz CT molecular complexity index is 682. The van der Waals surface area contributed by atoms with E-state index in [0.717, 1.165) is 28.1 Å². The molecule has 0 radical (unpaired) electrons. The molecule has 0 saturated carbocycles. The summed E-state index contributed by atoms with van der Waals surface area (Å²) < 4.78 is 0. The molecule has 0 aliphatic carbocycles. The number of benzene rings is 1. The monoisotopic (exact) mass is 301 g/mol. The summed E-state index contributed by atoms with van der Waals surface area (Å²) in [5.74, 6) is 0.140. The summed E-state index contributed by atoms with van der Waals surface area (Å²) in [5.41, 5.74) is 3.93. The van der Waals surface area contributed by atoms with E-state index in [4.69, 9.17) is 11.6 Å². The molecule has 0 amide bonds. The molecule has 1 heterocycles. The summed E-state index contributed by atoms with van der Waals surface area (Å²) in [7, 11) is 0. The maximum atomic E-state index is 12.6. The Balaban J connectivity index is 2.62. The van der Waals surface area contributed by atoms with Gasteiger partial charge in [0.05, 0.1) is 5.69 Å². The molecule has 0 fully saturated rings. The first-order chi connectivity index (χ1) is 9.70. The number of hydrogen-bond donors (Lipinski definition) is 0. The largest absolute Gasteiger partial charge is 0.294 e. The summed E-state index contributed by atoms with van der Waals surface area (Å²) >= 11 is 5.94. The third-order valence-electron chi connectivity index (χ3n) is 3.44. The van der Waals surface area contributed by atoms with Crippen LogP contribution in [0.4, 0.5) is 0 Å². The maximum absolute atomic E-state index is 12.6. The van der Waals surface area contributed by atoms with Crippen molar-refractivity contribution in [1.82, 2.24) is 4.98 Å². The molecule has 2 rings (SSSR count). The van der Waals surface area contributed by atoms with E-state index in [-0.39, 0.29) is 5.78 Å². The lowest BCUT2D eigenvalue weighted by atomic mass is 9.84. The molecule has 0 bridgehead atoms. The highest BCUT2D eigenvalue weighted by molar-refractivity contribution is 6.30. The number of rotatable bonds is 2. The molecule has 0 unspecified atom stereocenters. The molecule has 0 atom stereocenters. The zero-order valence-corrected chi connectivity index (χ0v) is 13.9. The lowest BCUT2D eigenvalue weighted by Gasteiger charge is -2.20. The van der Waals surface area contributed by atoms with Gasteiger partial charge >= 0.3 is 0 Å². The highest BCUT2D eigenvalue weighted by atomic mass is 35.5. The molecule has 2 aromatic rings. The van der Waals surface area contributed by atoms with Gasteiger partial charge in [-0.05, 0) is 37.6 Å². The summed E-state index contributed by atoms with van der Waals surface area (Å²) in [6.45, 7) is 9.68. The van der Waals surface area contributed by atoms with Gasteiger partial charge in [0.1, 0.15) is 0 Å². The molecule has 110 valence electrons. The second-order valence-electron chi connectivity index (χ2n) is 6.37. The van der Waals surface area contributed by atoms with Gasteiger partial charge in [0.25, 0.3) is 0 Å². The molecule has 0 N–H and O–H groups in total. The first-order valence-corrected chi connectivity index (χ1v) is 7.37. The van der Waals surface area contributed by atoms with E-state index in [9.17, 15) is 4.79 Å². The van der Waals surface area contributed by atoms with Crippen LogP contribution in [0.15, 0.2) is 30.3 Å². The van der Waals surface area contributed by atoms with E-state index in [1.807, 2.05) is 65.0 Å². The quantitative estimate of drug-likeness (QED) is 0.709. The van der Waals surface area contributed by atoms with Gasteiger partial charge in [0.2, 0.25) is 0 Å². The minimum absolute atomic E-state index is 0.140. The van der Waals surface area contributed by atoms with Crippen molar-refractivity contribution in [3.8, 4) is 11.3 Å². The Morgan fingerprint density at radius 3 is 2.19 bits per heavy atom. The summed E-state index contributed by atoms with van der Waals surface area (Å²) in [6.07, 6.45) is 0. The van der Waals surface area contributed by atoms with Crippen molar-refractivity contribution in [2.75, 3.05) is 0 Å². The fourth-order valence-electron chi connectivity index (χ4n) is 2.27. The van der Waals surface area contributed by atoms with Crippen molar-refractivity contribution in [3.05, 3.63) is 52.2 Å². The number of carbonyl (C=O) groups is 1. The second-order valence-corrected chi connectivity index (χ2v) is 6.81. The van der Waals surface area contributed by atoms with Crippen LogP contribution >= 0.6 is 11.6 Å². The molecule has 2 nitrogen and oxygen atoms in total. The Morgan fingerprint density at radius 1 is 1.10 bits per heavy atom. The van der Waals surface area contributed by atoms with Crippen LogP contribution in [0.25, 0.3) is 11.3 Å². The molecular formula is C18H20ClNO. The number of Topliss-reactive ketones (excluding diaryl/α,β-unsaturated/α-hetero) is 1. The topological polar surface area (TPSA) is 30.0 Å². The zero-order chi connectivity index (χ0) is 15.8. The molecule has 1 aromatic carbocycles. The predicted octanol–water partition coefficient (Wildman–Crippen LogP) is 5.25. The van der Waals surface area contributed by atoms with Crippen LogP contribution in [0.1, 0.15) is 42.4 Å². The Kier molecular flexibility index (Phi) is 4.20. The van der Waals surface area contributed by atoms with Crippen molar-refractivity contribution in [2.24, 2.45) is 5.41 Å². The van der Waals surface area contributed by atoms with E-state index < -0.39 is 5.41 Å². The van der Waals surface area contributed by atoms with Crippen molar-refractivity contribution >= 4 is 17.4 Å². The van der Waals surface area contributed by atoms with E-state index in [2.05, 4.69) is 4.98 Å². The van der Waals surface area contributed by atoms with Crippen molar-refractivity contribution in [3.63, 3.8) is 0 Å². The fourth-order valence-corrected chi connectivity index (χ4v) is 2.39. The summed E-state index contributed by atoms with van der Waals surface area (Å²) in [5, 5.41) is 0.690. The average molecular weight is 302 g/mol. The van der Waals surface area contributed by atoms with E-state index in [0.29, 0.717) is 5.02 Å². The third-order valence-corrected chi connectivity index (χ3v) is 3.70. The Labute approximate surface area is 131 Å². The first kappa shape index (κ1) is 15.7. The van der Waals surface area contributed by atoms with E-state index in [1.165, 1.54) is 0 Å². The number of pyridine rings is 1. The van der Waals surface area contributed by atoms with Crippen LogP contribution < -0.4 is 0 Å². The van der Waals surface area contributed by atoms with Gasteiger partial charge < -0.3 is 0 Å². The summed E-state index contributed by atoms with van der Waals surface area (Å²) in [6, 6.07) is 9.42. The number of aromatic nitrogens is 1. The molecule has 0 aliphatic rings. The molecule has 1 aromatic heterocycles. The number of aryl methyl sites for hydroxylation is 1. The standard InChI is InChI=1S/C18H20ClNO/c1-11-10-15(17(21)18(3,4)5)12(2)16(20-11)13-6-8-14(19)9-7-13/h6-10H,1-5H3. The predicted molar refractivity (Wildman–Crippen MR) is 87.9 cm³/mol. The minimum atomic E-state index is -0.407. The Morgan fingerprint density at radius 2 is 1.67 bits per heavy atom.